The minimum absolute atomic E-state index is 0.0269. The SMILES string of the molecule is CC(C)(CCC(CCC(C)(C)[Si](C)(C)O)n1cc(C(=O)c2cc(N)ccn2)c2cncnc21)[Si](C)(C)O. The van der Waals surface area contributed by atoms with E-state index >= 15 is 0 Å². The summed E-state index contributed by atoms with van der Waals surface area (Å²) < 4.78 is 2.10. The van der Waals surface area contributed by atoms with Gasteiger partial charge < -0.3 is 19.9 Å². The first-order chi connectivity index (χ1) is 16.9. The van der Waals surface area contributed by atoms with Gasteiger partial charge in [0.05, 0.1) is 5.56 Å². The number of hydrogen-bond acceptors (Lipinski definition) is 7. The summed E-state index contributed by atoms with van der Waals surface area (Å²) in [6, 6.07) is 3.26. The van der Waals surface area contributed by atoms with E-state index in [0.717, 1.165) is 25.7 Å². The van der Waals surface area contributed by atoms with Gasteiger partial charge in [0.1, 0.15) is 17.7 Å². The van der Waals surface area contributed by atoms with Gasteiger partial charge in [0.25, 0.3) is 0 Å². The number of carbonyl (C=O) groups is 1. The third kappa shape index (κ3) is 6.36. The molecule has 0 spiro atoms. The highest BCUT2D eigenvalue weighted by Crippen LogP contribution is 2.45. The van der Waals surface area contributed by atoms with Crippen molar-refractivity contribution < 1.29 is 14.4 Å². The largest absolute Gasteiger partial charge is 0.432 e. The molecule has 0 radical (unpaired) electrons. The molecule has 0 aromatic carbocycles. The summed E-state index contributed by atoms with van der Waals surface area (Å²) in [4.78, 5) is 48.3. The lowest BCUT2D eigenvalue weighted by atomic mass is 9.95. The average Bonchev–Trinajstić information content (AvgIpc) is 3.16. The smallest absolute Gasteiger partial charge is 0.213 e. The number of fused-ring (bicyclic) bond motifs is 1. The summed E-state index contributed by atoms with van der Waals surface area (Å²) in [5.41, 5.74) is 7.86. The molecule has 202 valence electrons. The van der Waals surface area contributed by atoms with Crippen LogP contribution in [0.25, 0.3) is 11.0 Å². The zero-order valence-electron chi connectivity index (χ0n) is 23.5. The van der Waals surface area contributed by atoms with E-state index in [9.17, 15) is 14.4 Å². The zero-order valence-corrected chi connectivity index (χ0v) is 25.5. The number of pyridine rings is 1. The topological polar surface area (TPSA) is 127 Å². The molecule has 37 heavy (non-hydrogen) atoms. The molecule has 3 heterocycles. The summed E-state index contributed by atoms with van der Waals surface area (Å²) in [5, 5.41) is 0.302. The molecule has 0 aliphatic heterocycles. The van der Waals surface area contributed by atoms with Crippen molar-refractivity contribution >= 4 is 39.1 Å². The molecule has 8 nitrogen and oxygen atoms in total. The normalized spacial score (nSPS) is 13.5. The van der Waals surface area contributed by atoms with Gasteiger partial charge in [-0.3, -0.25) is 9.78 Å². The molecule has 3 aromatic rings. The molecular weight excluding hydrogens is 499 g/mol. The second-order valence-corrected chi connectivity index (χ2v) is 21.6. The third-order valence-electron chi connectivity index (χ3n) is 8.67. The first-order valence-corrected chi connectivity index (χ1v) is 18.9. The van der Waals surface area contributed by atoms with Crippen molar-refractivity contribution in [1.82, 2.24) is 19.5 Å². The van der Waals surface area contributed by atoms with Gasteiger partial charge in [-0.1, -0.05) is 27.7 Å². The van der Waals surface area contributed by atoms with E-state index in [2.05, 4.69) is 47.2 Å². The van der Waals surface area contributed by atoms with Crippen molar-refractivity contribution in [2.24, 2.45) is 0 Å². The molecule has 0 saturated carbocycles. The maximum Gasteiger partial charge on any atom is 0.213 e. The molecule has 3 rings (SSSR count). The van der Waals surface area contributed by atoms with Crippen molar-refractivity contribution in [3.8, 4) is 0 Å². The number of hydrogen-bond donors (Lipinski definition) is 3. The van der Waals surface area contributed by atoms with Crippen molar-refractivity contribution in [2.45, 2.75) is 95.7 Å². The van der Waals surface area contributed by atoms with Crippen LogP contribution in [0.1, 0.15) is 75.5 Å². The van der Waals surface area contributed by atoms with Gasteiger partial charge in [-0.2, -0.15) is 0 Å². The Morgan fingerprint density at radius 1 is 1.03 bits per heavy atom. The van der Waals surface area contributed by atoms with E-state index in [0.29, 0.717) is 22.3 Å². The first-order valence-electron chi connectivity index (χ1n) is 13.0. The molecule has 4 N–H and O–H groups in total. The lowest BCUT2D eigenvalue weighted by Crippen LogP contribution is -2.40. The quantitative estimate of drug-likeness (QED) is 0.210. The minimum atomic E-state index is -2.40. The Morgan fingerprint density at radius 2 is 1.59 bits per heavy atom. The highest BCUT2D eigenvalue weighted by molar-refractivity contribution is 6.73. The Hall–Kier alpha value is -2.41. The van der Waals surface area contributed by atoms with E-state index in [-0.39, 0.29) is 27.6 Å². The number of rotatable bonds is 11. The number of carbonyl (C=O) groups excluding carboxylic acids is 1. The van der Waals surface area contributed by atoms with Gasteiger partial charge >= 0.3 is 0 Å². The molecule has 0 aliphatic rings. The second-order valence-electron chi connectivity index (χ2n) is 12.6. The van der Waals surface area contributed by atoms with Crippen LogP contribution >= 0.6 is 0 Å². The van der Waals surface area contributed by atoms with E-state index < -0.39 is 16.6 Å². The van der Waals surface area contributed by atoms with Gasteiger partial charge in [-0.05, 0) is 74.1 Å². The fourth-order valence-electron chi connectivity index (χ4n) is 4.25. The summed E-state index contributed by atoms with van der Waals surface area (Å²) in [6.07, 6.45) is 9.88. The monoisotopic (exact) mass is 541 g/mol. The third-order valence-corrected chi connectivity index (χ3v) is 15.8. The van der Waals surface area contributed by atoms with Crippen molar-refractivity contribution in [2.75, 3.05) is 5.73 Å². The van der Waals surface area contributed by atoms with Gasteiger partial charge in [-0.25, -0.2) is 9.97 Å². The Balaban J connectivity index is 2.06. The molecule has 0 atom stereocenters. The minimum Gasteiger partial charge on any atom is -0.432 e. The average molecular weight is 542 g/mol. The van der Waals surface area contributed by atoms with Crippen molar-refractivity contribution in [3.63, 3.8) is 0 Å². The molecule has 0 unspecified atom stereocenters. The summed E-state index contributed by atoms with van der Waals surface area (Å²) >= 11 is 0. The summed E-state index contributed by atoms with van der Waals surface area (Å²) in [5.74, 6) is -0.224. The molecule has 0 fully saturated rings. The van der Waals surface area contributed by atoms with E-state index in [4.69, 9.17) is 5.73 Å². The van der Waals surface area contributed by atoms with Crippen LogP contribution in [0.3, 0.4) is 0 Å². The van der Waals surface area contributed by atoms with Crippen LogP contribution in [-0.2, 0) is 0 Å². The van der Waals surface area contributed by atoms with Gasteiger partial charge in [0, 0.05) is 35.7 Å². The van der Waals surface area contributed by atoms with Crippen LogP contribution in [0.15, 0.2) is 37.1 Å². The van der Waals surface area contributed by atoms with E-state index in [1.54, 1.807) is 18.3 Å². The maximum atomic E-state index is 13.5. The van der Waals surface area contributed by atoms with Crippen LogP contribution in [0.2, 0.25) is 36.3 Å². The van der Waals surface area contributed by atoms with E-state index in [1.165, 1.54) is 12.5 Å². The number of nitrogen functional groups attached to an aromatic ring is 1. The molecule has 0 amide bonds. The highest BCUT2D eigenvalue weighted by Gasteiger charge is 2.40. The Morgan fingerprint density at radius 3 is 2.11 bits per heavy atom. The summed E-state index contributed by atoms with van der Waals surface area (Å²) in [6.45, 7) is 16.5. The van der Waals surface area contributed by atoms with Crippen LogP contribution in [0, 0.1) is 0 Å². The summed E-state index contributed by atoms with van der Waals surface area (Å²) in [7, 11) is -4.80. The lowest BCUT2D eigenvalue weighted by molar-refractivity contribution is 0.103. The molecular formula is C27H43N5O3Si2. The Kier molecular flexibility index (Phi) is 8.19. The number of nitrogens with two attached hydrogens (primary N) is 1. The van der Waals surface area contributed by atoms with Crippen LogP contribution in [0.4, 0.5) is 5.69 Å². The first kappa shape index (κ1) is 29.2. The van der Waals surface area contributed by atoms with Crippen LogP contribution < -0.4 is 5.73 Å². The highest BCUT2D eigenvalue weighted by atomic mass is 28.4. The van der Waals surface area contributed by atoms with Gasteiger partial charge in [0.15, 0.2) is 16.6 Å². The fourth-order valence-corrected chi connectivity index (χ4v) is 5.76. The Bertz CT molecular complexity index is 1230. The predicted molar refractivity (Wildman–Crippen MR) is 155 cm³/mol. The van der Waals surface area contributed by atoms with Crippen LogP contribution in [-0.4, -0.2) is 51.5 Å². The molecule has 0 bridgehead atoms. The zero-order chi connectivity index (χ0) is 27.8. The van der Waals surface area contributed by atoms with E-state index in [1.807, 2.05) is 32.4 Å². The number of ketones is 1. The fraction of sp³-hybridized carbons (Fsp3) is 0.556. The molecule has 10 heteroatoms. The van der Waals surface area contributed by atoms with Gasteiger partial charge in [-0.15, -0.1) is 0 Å². The molecule has 3 aromatic heterocycles. The number of aromatic nitrogens is 4. The lowest BCUT2D eigenvalue weighted by Gasteiger charge is -2.38. The predicted octanol–water partition coefficient (Wildman–Crippen LogP) is 5.70. The number of nitrogens with zero attached hydrogens (tertiary/aromatic N) is 4. The van der Waals surface area contributed by atoms with Crippen LogP contribution in [0.5, 0.6) is 0 Å². The second kappa shape index (κ2) is 10.4. The Labute approximate surface area is 222 Å². The number of anilines is 1. The standard InChI is InChI=1S/C27H43N5O3Si2/c1-26(2,36(5,6)34)12-9-20(10-13-27(3,4)37(7,8)35)32-17-22(21-16-29-18-31-25(21)32)24(33)23-15-19(28)11-14-30-23/h11,14-18,20,34-35H,9-10,12-13H2,1-8H3,(H2,28,30). The maximum absolute atomic E-state index is 13.5. The van der Waals surface area contributed by atoms with Gasteiger partial charge in [0.2, 0.25) is 5.78 Å². The van der Waals surface area contributed by atoms with Crippen molar-refractivity contribution in [3.05, 3.63) is 48.3 Å². The molecule has 0 saturated heterocycles. The molecule has 0 aliphatic carbocycles. The van der Waals surface area contributed by atoms with Crippen molar-refractivity contribution in [1.29, 1.82) is 0 Å².